The van der Waals surface area contributed by atoms with E-state index in [0.717, 1.165) is 17.8 Å². The van der Waals surface area contributed by atoms with Gasteiger partial charge in [-0.15, -0.1) is 0 Å². The van der Waals surface area contributed by atoms with Crippen molar-refractivity contribution in [3.8, 4) is 0 Å². The Labute approximate surface area is 611 Å². The van der Waals surface area contributed by atoms with Gasteiger partial charge < -0.3 is 0 Å². The fourth-order valence-electron chi connectivity index (χ4n) is 11.7. The third-order valence-corrected chi connectivity index (χ3v) is 19.9. The number of hydrogen-bond donors (Lipinski definition) is 0. The van der Waals surface area contributed by atoms with E-state index in [4.69, 9.17) is 4.98 Å². The maximum atomic E-state index is 4.72. The van der Waals surface area contributed by atoms with Crippen LogP contribution in [0.2, 0.25) is 0 Å². The molecule has 0 spiro atoms. The number of rotatable bonds is 0. The van der Waals surface area contributed by atoms with Crippen LogP contribution in [0.4, 0.5) is 0 Å². The number of hydrogen-bond acceptors (Lipinski definition) is 5. The molecule has 5 nitrogen and oxygen atoms in total. The average molecular weight is 1350 g/mol. The zero-order valence-corrected chi connectivity index (χ0v) is 72.9. The van der Waals surface area contributed by atoms with Gasteiger partial charge in [-0.1, -0.05) is 313 Å². The Kier molecular flexibility index (Phi) is 32.6. The van der Waals surface area contributed by atoms with Gasteiger partial charge in [-0.2, -0.15) is 0 Å². The van der Waals surface area contributed by atoms with Crippen LogP contribution in [0.3, 0.4) is 0 Å². The quantitative estimate of drug-likeness (QED) is 0.155. The van der Waals surface area contributed by atoms with Crippen molar-refractivity contribution < 1.29 is 0 Å². The molecule has 3 unspecified atom stereocenters. The van der Waals surface area contributed by atoms with Crippen LogP contribution in [0.5, 0.6) is 0 Å². The summed E-state index contributed by atoms with van der Waals surface area (Å²) in [5.74, 6) is 2.76. The molecule has 0 N–H and O–H groups in total. The van der Waals surface area contributed by atoms with E-state index >= 15 is 0 Å². The average Bonchev–Trinajstić information content (AvgIpc) is 0.877. The molecule has 98 heavy (non-hydrogen) atoms. The van der Waals surface area contributed by atoms with Crippen molar-refractivity contribution in [3.05, 3.63) is 154 Å². The lowest BCUT2D eigenvalue weighted by molar-refractivity contribution is 0.0388. The Bertz CT molecular complexity index is 2480. The second-order valence-corrected chi connectivity index (χ2v) is 43.9. The first-order valence-electron chi connectivity index (χ1n) is 38.2. The summed E-state index contributed by atoms with van der Waals surface area (Å²) in [4.78, 5) is 20.5. The molecular formula is C93H161N5. The highest BCUT2D eigenvalue weighted by Gasteiger charge is 2.36. The highest BCUT2D eigenvalue weighted by Crippen LogP contribution is 2.46. The number of likely N-dealkylation sites (tertiary alicyclic amines) is 1. The zero-order chi connectivity index (χ0) is 76.9. The summed E-state index contributed by atoms with van der Waals surface area (Å²) in [6, 6.07) is 26.2. The number of aromatic nitrogens is 4. The first kappa shape index (κ1) is 91.8. The SMILES string of the molecule is CC(C)(C)C1CCCC(C(C)(C)C)C1.CC(C)(C)C1CCCN(C(C)(C)C)C1.CC(C)(C)c1cccc(C(C)(C)C)c1.CC(C)(C)c1cccc(C(C)(C)C)n1.CC(C)(C)c1ccnc(C(C)(C)C)c1.CC(C)(C)c1ccnc(C(C)(C)C)c1.CC(C)(C)c1cncc(C(C)(C)C)c1. The molecule has 5 heteroatoms. The van der Waals surface area contributed by atoms with Gasteiger partial charge in [0.05, 0.1) is 0 Å². The second kappa shape index (κ2) is 34.8. The molecule has 7 rings (SSSR count). The zero-order valence-electron chi connectivity index (χ0n) is 72.9. The molecule has 1 aliphatic carbocycles. The van der Waals surface area contributed by atoms with Crippen LogP contribution in [0.1, 0.15) is 385 Å². The molecule has 0 amide bonds. The molecule has 1 saturated heterocycles. The third-order valence-electron chi connectivity index (χ3n) is 19.9. The minimum atomic E-state index is 0.140. The van der Waals surface area contributed by atoms with E-state index in [1.54, 1.807) is 0 Å². The Morgan fingerprint density at radius 1 is 0.296 bits per heavy atom. The molecule has 2 aliphatic rings. The van der Waals surface area contributed by atoms with Crippen molar-refractivity contribution in [1.82, 2.24) is 24.8 Å². The van der Waals surface area contributed by atoms with Gasteiger partial charge in [0.1, 0.15) is 0 Å². The topological polar surface area (TPSA) is 54.8 Å². The Morgan fingerprint density at radius 3 is 0.867 bits per heavy atom. The molecule has 1 saturated carbocycles. The molecule has 4 aromatic heterocycles. The summed E-state index contributed by atoms with van der Waals surface area (Å²) in [6.07, 6.45) is 16.4. The lowest BCUT2D eigenvalue weighted by atomic mass is 9.63. The molecule has 1 aliphatic heterocycles. The summed E-state index contributed by atoms with van der Waals surface area (Å²) in [5.41, 5.74) is 16.6. The van der Waals surface area contributed by atoms with Gasteiger partial charge in [0.25, 0.3) is 0 Å². The second-order valence-electron chi connectivity index (χ2n) is 43.9. The summed E-state index contributed by atoms with van der Waals surface area (Å²) in [6.45, 7) is 97.7. The minimum Gasteiger partial charge on any atom is -0.298 e. The lowest BCUT2D eigenvalue weighted by Crippen LogP contribution is -2.49. The van der Waals surface area contributed by atoms with Gasteiger partial charge in [0.2, 0.25) is 0 Å². The van der Waals surface area contributed by atoms with Crippen LogP contribution < -0.4 is 0 Å². The molecule has 0 radical (unpaired) electrons. The van der Waals surface area contributed by atoms with E-state index in [0.29, 0.717) is 21.8 Å². The molecule has 5 aromatic rings. The molecule has 558 valence electrons. The molecule has 1 aromatic carbocycles. The van der Waals surface area contributed by atoms with Crippen LogP contribution in [0, 0.1) is 34.0 Å². The van der Waals surface area contributed by atoms with Crippen molar-refractivity contribution >= 4 is 0 Å². The highest BCUT2D eigenvalue weighted by molar-refractivity contribution is 5.33. The summed E-state index contributed by atoms with van der Waals surface area (Å²) in [7, 11) is 0. The number of nitrogens with zero attached hydrogens (tertiary/aromatic N) is 5. The van der Waals surface area contributed by atoms with E-state index in [1.165, 1.54) is 108 Å². The molecule has 5 heterocycles. The van der Waals surface area contributed by atoms with Crippen LogP contribution in [-0.4, -0.2) is 43.5 Å². The van der Waals surface area contributed by atoms with Crippen LogP contribution in [-0.2, 0) is 54.1 Å². The number of benzene rings is 1. The van der Waals surface area contributed by atoms with Crippen molar-refractivity contribution in [3.63, 3.8) is 0 Å². The van der Waals surface area contributed by atoms with Crippen molar-refractivity contribution in [2.75, 3.05) is 13.1 Å². The molecule has 0 bridgehead atoms. The first-order valence-corrected chi connectivity index (χ1v) is 38.2. The smallest absolute Gasteiger partial charge is 0.0460 e. The van der Waals surface area contributed by atoms with Crippen LogP contribution in [0.25, 0.3) is 0 Å². The van der Waals surface area contributed by atoms with Gasteiger partial charge in [0, 0.05) is 81.3 Å². The number of pyridine rings is 4. The largest absolute Gasteiger partial charge is 0.298 e. The summed E-state index contributed by atoms with van der Waals surface area (Å²) in [5, 5.41) is 0. The molecule has 2 fully saturated rings. The van der Waals surface area contributed by atoms with E-state index in [-0.39, 0.29) is 54.1 Å². The van der Waals surface area contributed by atoms with Crippen LogP contribution in [0.15, 0.2) is 97.6 Å². The predicted molar refractivity (Wildman–Crippen MR) is 438 cm³/mol. The van der Waals surface area contributed by atoms with E-state index in [1.807, 2.05) is 24.8 Å². The molecule has 3 atom stereocenters. The fourth-order valence-corrected chi connectivity index (χ4v) is 11.7. The normalized spacial score (nSPS) is 17.4. The Balaban J connectivity index is 0.000000572. The van der Waals surface area contributed by atoms with E-state index < -0.39 is 0 Å². The van der Waals surface area contributed by atoms with Gasteiger partial charge in [-0.25, -0.2) is 0 Å². The maximum absolute atomic E-state index is 4.72. The Hall–Kier alpha value is -4.22. The van der Waals surface area contributed by atoms with Gasteiger partial charge in [0.15, 0.2) is 0 Å². The van der Waals surface area contributed by atoms with Gasteiger partial charge in [-0.05, 0) is 196 Å². The van der Waals surface area contributed by atoms with E-state index in [9.17, 15) is 0 Å². The maximum Gasteiger partial charge on any atom is 0.0460 e. The monoisotopic (exact) mass is 1350 g/mol. The first-order chi connectivity index (χ1) is 43.5. The highest BCUT2D eigenvalue weighted by atomic mass is 15.2. The molecular weight excluding hydrogens is 1190 g/mol. The van der Waals surface area contributed by atoms with E-state index in [2.05, 4.69) is 383 Å². The fraction of sp³-hybridized carbons (Fsp3) is 0.720. The van der Waals surface area contributed by atoms with Crippen molar-refractivity contribution in [2.45, 2.75) is 389 Å². The third kappa shape index (κ3) is 33.7. The summed E-state index contributed by atoms with van der Waals surface area (Å²) < 4.78 is 0. The standard InChI is InChI=1S/C14H28.C14H22.3C13H21N.C13H27N.C13H21N/c2*1-13(2,3)11-8-7-9-12(10-11)14(4,5)6;1-12(2,3)10-7-11(9-14-8-10)13(4,5)6;2*1-12(2,3)10-7-8-14-11(9-10)13(4,5)6;1-12(2,3)11-8-7-9-14(10-11)13(4,5)6;1-12(2,3)10-8-7-9-11(14-10)13(4,5)6/h11-12H,7-10H2,1-6H3;7-10H,1-6H3;3*7-9H,1-6H3;11H,7-10H2,1-6H3;7-9H,1-6H3. The Morgan fingerprint density at radius 2 is 0.582 bits per heavy atom. The van der Waals surface area contributed by atoms with Gasteiger partial charge >= 0.3 is 0 Å². The predicted octanol–water partition coefficient (Wildman–Crippen LogP) is 27.4. The van der Waals surface area contributed by atoms with Gasteiger partial charge in [-0.3, -0.25) is 24.8 Å². The summed E-state index contributed by atoms with van der Waals surface area (Å²) >= 11 is 0. The minimum absolute atomic E-state index is 0.140. The van der Waals surface area contributed by atoms with Crippen molar-refractivity contribution in [1.29, 1.82) is 0 Å². The van der Waals surface area contributed by atoms with Crippen LogP contribution >= 0.6 is 0 Å². The lowest BCUT2D eigenvalue weighted by Gasteiger charge is -2.45. The van der Waals surface area contributed by atoms with Crippen molar-refractivity contribution in [2.24, 2.45) is 34.0 Å². The number of piperidine rings is 1.